The van der Waals surface area contributed by atoms with Crippen molar-refractivity contribution < 1.29 is 28.2 Å². The number of carbonyl (C=O) groups excluding carboxylic acids is 2. The zero-order valence-corrected chi connectivity index (χ0v) is 17.9. The minimum absolute atomic E-state index is 0.0157. The highest BCUT2D eigenvalue weighted by Gasteiger charge is 2.44. The van der Waals surface area contributed by atoms with Crippen LogP contribution in [-0.4, -0.2) is 66.0 Å². The molecule has 0 saturated carbocycles. The molecule has 2 aliphatic rings. The van der Waals surface area contributed by atoms with Crippen LogP contribution in [0.5, 0.6) is 0 Å². The van der Waals surface area contributed by atoms with Crippen molar-refractivity contribution in [1.82, 2.24) is 9.80 Å². The Kier molecular flexibility index (Phi) is 5.70. The lowest BCUT2D eigenvalue weighted by Crippen LogP contribution is -2.43. The molecule has 1 aromatic heterocycles. The average molecular weight is 450 g/mol. The number of hydrogen-bond acceptors (Lipinski definition) is 6. The number of benzene rings is 2. The van der Waals surface area contributed by atoms with Gasteiger partial charge in [0.25, 0.3) is 5.91 Å². The molecule has 0 bridgehead atoms. The third-order valence-electron chi connectivity index (χ3n) is 6.12. The van der Waals surface area contributed by atoms with E-state index in [1.807, 2.05) is 12.1 Å². The number of ketones is 1. The molecule has 0 aliphatic carbocycles. The zero-order valence-electron chi connectivity index (χ0n) is 17.9. The van der Waals surface area contributed by atoms with E-state index in [0.29, 0.717) is 30.9 Å². The first-order valence-corrected chi connectivity index (χ1v) is 10.9. The van der Waals surface area contributed by atoms with Crippen molar-refractivity contribution in [2.24, 2.45) is 0 Å². The Morgan fingerprint density at radius 1 is 1.06 bits per heavy atom. The van der Waals surface area contributed by atoms with Gasteiger partial charge in [-0.2, -0.15) is 0 Å². The van der Waals surface area contributed by atoms with Crippen LogP contribution in [0.15, 0.2) is 70.3 Å². The number of nitrogens with zero attached hydrogens (tertiary/aromatic N) is 2. The second-order valence-electron chi connectivity index (χ2n) is 8.15. The molecule has 0 unspecified atom stereocenters. The molecule has 7 nitrogen and oxygen atoms in total. The molecule has 2 aliphatic heterocycles. The molecular formula is C25H23FN2O5. The van der Waals surface area contributed by atoms with Crippen molar-refractivity contribution in [1.29, 1.82) is 0 Å². The van der Waals surface area contributed by atoms with Crippen molar-refractivity contribution in [2.75, 3.05) is 39.4 Å². The van der Waals surface area contributed by atoms with Gasteiger partial charge in [-0.25, -0.2) is 4.39 Å². The number of ether oxygens (including phenoxy) is 1. The van der Waals surface area contributed by atoms with Crippen molar-refractivity contribution in [3.8, 4) is 0 Å². The van der Waals surface area contributed by atoms with Crippen molar-refractivity contribution in [3.63, 3.8) is 0 Å². The number of halogens is 1. The fourth-order valence-corrected chi connectivity index (χ4v) is 4.44. The van der Waals surface area contributed by atoms with E-state index in [0.717, 1.165) is 18.5 Å². The predicted octanol–water partition coefficient (Wildman–Crippen LogP) is 3.48. The molecule has 33 heavy (non-hydrogen) atoms. The summed E-state index contributed by atoms with van der Waals surface area (Å²) in [5, 5.41) is 11.5. The van der Waals surface area contributed by atoms with E-state index in [-0.39, 0.29) is 17.9 Å². The summed E-state index contributed by atoms with van der Waals surface area (Å²) in [6.45, 7) is 3.50. The van der Waals surface area contributed by atoms with Crippen LogP contribution in [0.25, 0.3) is 11.0 Å². The van der Waals surface area contributed by atoms with E-state index in [4.69, 9.17) is 9.15 Å². The summed E-state index contributed by atoms with van der Waals surface area (Å²) < 4.78 is 25.2. The monoisotopic (exact) mass is 450 g/mol. The second-order valence-corrected chi connectivity index (χ2v) is 8.15. The van der Waals surface area contributed by atoms with Gasteiger partial charge < -0.3 is 19.2 Å². The van der Waals surface area contributed by atoms with Gasteiger partial charge in [-0.15, -0.1) is 0 Å². The Balaban J connectivity index is 1.51. The summed E-state index contributed by atoms with van der Waals surface area (Å²) in [7, 11) is 0. The molecular weight excluding hydrogens is 427 g/mol. The number of aliphatic hydroxyl groups excluding tert-OH is 1. The van der Waals surface area contributed by atoms with Gasteiger partial charge >= 0.3 is 0 Å². The maximum absolute atomic E-state index is 14.1. The number of carbonyl (C=O) groups is 2. The summed E-state index contributed by atoms with van der Waals surface area (Å²) in [6, 6.07) is 13.6. The number of hydrogen-bond donors (Lipinski definition) is 1. The number of Topliss-reactive ketones (excluding diaryl/α,β-unsaturated/α-hetero) is 1. The summed E-state index contributed by atoms with van der Waals surface area (Å²) >= 11 is 0. The van der Waals surface area contributed by atoms with Gasteiger partial charge in [0.05, 0.1) is 24.8 Å². The van der Waals surface area contributed by atoms with E-state index >= 15 is 0 Å². The molecule has 2 aromatic carbocycles. The van der Waals surface area contributed by atoms with Crippen LogP contribution in [0.1, 0.15) is 22.2 Å². The maximum Gasteiger partial charge on any atom is 0.290 e. The highest BCUT2D eigenvalue weighted by molar-refractivity contribution is 6.16. The lowest BCUT2D eigenvalue weighted by atomic mass is 9.95. The highest BCUT2D eigenvalue weighted by Crippen LogP contribution is 2.39. The van der Waals surface area contributed by atoms with Crippen molar-refractivity contribution in [3.05, 3.63) is 83.1 Å². The summed E-state index contributed by atoms with van der Waals surface area (Å²) in [6.07, 6.45) is 0. The van der Waals surface area contributed by atoms with E-state index in [2.05, 4.69) is 4.90 Å². The zero-order chi connectivity index (χ0) is 22.9. The Morgan fingerprint density at radius 2 is 1.85 bits per heavy atom. The first-order valence-electron chi connectivity index (χ1n) is 10.9. The minimum atomic E-state index is -0.921. The van der Waals surface area contributed by atoms with Crippen LogP contribution in [0.4, 0.5) is 4.39 Å². The van der Waals surface area contributed by atoms with Crippen LogP contribution in [-0.2, 0) is 9.53 Å². The van der Waals surface area contributed by atoms with Gasteiger partial charge in [-0.3, -0.25) is 14.5 Å². The summed E-state index contributed by atoms with van der Waals surface area (Å²) in [5.74, 6) is -2.36. The van der Waals surface area contributed by atoms with E-state index < -0.39 is 29.3 Å². The van der Waals surface area contributed by atoms with Crippen LogP contribution >= 0.6 is 0 Å². The Bertz CT molecular complexity index is 1210. The maximum atomic E-state index is 14.1. The third-order valence-corrected chi connectivity index (χ3v) is 6.12. The van der Waals surface area contributed by atoms with Crippen molar-refractivity contribution in [2.45, 2.75) is 6.04 Å². The molecule has 3 aromatic rings. The molecule has 1 saturated heterocycles. The third kappa shape index (κ3) is 4.03. The molecule has 1 amide bonds. The van der Waals surface area contributed by atoms with Gasteiger partial charge in [0.2, 0.25) is 5.78 Å². The van der Waals surface area contributed by atoms with Crippen LogP contribution < -0.4 is 0 Å². The standard InChI is InChI=1S/C25H23FN2O5/c26-18-6-3-5-17(14-18)22-21(23(29)20-15-16-4-1-2-7-19(16)33-20)24(30)25(31)28(22)9-8-27-10-12-32-13-11-27/h1-7,14-15,22,30H,8-13H2/t22-/m1/s1. The van der Waals surface area contributed by atoms with Gasteiger partial charge in [-0.05, 0) is 29.8 Å². The van der Waals surface area contributed by atoms with E-state index in [1.54, 1.807) is 24.3 Å². The van der Waals surface area contributed by atoms with Gasteiger partial charge in [-0.1, -0.05) is 30.3 Å². The topological polar surface area (TPSA) is 83.2 Å². The van der Waals surface area contributed by atoms with Gasteiger partial charge in [0.1, 0.15) is 11.4 Å². The predicted molar refractivity (Wildman–Crippen MR) is 118 cm³/mol. The fourth-order valence-electron chi connectivity index (χ4n) is 4.44. The number of amides is 1. The second kappa shape index (κ2) is 8.80. The Labute approximate surface area is 189 Å². The van der Waals surface area contributed by atoms with Gasteiger partial charge in [0, 0.05) is 31.6 Å². The Morgan fingerprint density at radius 3 is 2.61 bits per heavy atom. The molecule has 1 N–H and O–H groups in total. The van der Waals surface area contributed by atoms with Crippen LogP contribution in [0, 0.1) is 5.82 Å². The van der Waals surface area contributed by atoms with Crippen molar-refractivity contribution >= 4 is 22.7 Å². The molecule has 1 fully saturated rings. The number of para-hydroxylation sites is 1. The number of fused-ring (bicyclic) bond motifs is 1. The summed E-state index contributed by atoms with van der Waals surface area (Å²) in [5.41, 5.74) is 0.831. The summed E-state index contributed by atoms with van der Waals surface area (Å²) in [4.78, 5) is 30.1. The first-order chi connectivity index (χ1) is 16.0. The molecule has 170 valence electrons. The number of aliphatic hydroxyl groups is 1. The Hall–Kier alpha value is -3.49. The molecule has 1 atom stereocenters. The number of furan rings is 1. The number of morpholine rings is 1. The van der Waals surface area contributed by atoms with Crippen LogP contribution in [0.3, 0.4) is 0 Å². The molecule has 5 rings (SSSR count). The largest absolute Gasteiger partial charge is 0.503 e. The normalized spacial score (nSPS) is 19.6. The molecule has 0 spiro atoms. The lowest BCUT2D eigenvalue weighted by molar-refractivity contribution is -0.129. The van der Waals surface area contributed by atoms with E-state index in [9.17, 15) is 19.1 Å². The minimum Gasteiger partial charge on any atom is -0.503 e. The SMILES string of the molecule is O=C(C1=C(O)C(=O)N(CCN2CCOCC2)[C@@H]1c1cccc(F)c1)c1cc2ccccc2o1. The van der Waals surface area contributed by atoms with E-state index in [1.165, 1.54) is 23.1 Å². The van der Waals surface area contributed by atoms with Gasteiger partial charge in [0.15, 0.2) is 11.5 Å². The first kappa shape index (κ1) is 21.4. The lowest BCUT2D eigenvalue weighted by Gasteiger charge is -2.31. The number of rotatable bonds is 6. The highest BCUT2D eigenvalue weighted by atomic mass is 19.1. The quantitative estimate of drug-likeness (QED) is 0.579. The molecule has 3 heterocycles. The smallest absolute Gasteiger partial charge is 0.290 e. The van der Waals surface area contributed by atoms with Crippen LogP contribution in [0.2, 0.25) is 0 Å². The molecule has 8 heteroatoms. The fraction of sp³-hybridized carbons (Fsp3) is 0.280. The molecule has 0 radical (unpaired) electrons. The average Bonchev–Trinajstić information content (AvgIpc) is 3.37.